The SMILES string of the molecule is C=C.CC(C)CC(=O)C(C)C. The molecule has 0 heterocycles. The minimum atomic E-state index is 0.215. The molecule has 0 aromatic carbocycles. The van der Waals surface area contributed by atoms with Crippen LogP contribution in [-0.2, 0) is 4.79 Å². The van der Waals surface area contributed by atoms with E-state index < -0.39 is 0 Å². The molecule has 0 bridgehead atoms. The number of carbonyl (C=O) groups excluding carboxylic acids is 1. The minimum absolute atomic E-state index is 0.215. The van der Waals surface area contributed by atoms with Gasteiger partial charge in [0.05, 0.1) is 0 Å². The summed E-state index contributed by atoms with van der Waals surface area (Å²) in [5.74, 6) is 1.11. The van der Waals surface area contributed by atoms with E-state index in [1.807, 2.05) is 13.8 Å². The maximum Gasteiger partial charge on any atom is 0.135 e. The standard InChI is InChI=1S/C8H16O.C2H4/c1-6(2)5-8(9)7(3)4;1-2/h6-7H,5H2,1-4H3;1-2H2. The number of hydrogen-bond acceptors (Lipinski definition) is 1. The van der Waals surface area contributed by atoms with Crippen molar-refractivity contribution in [2.75, 3.05) is 0 Å². The van der Waals surface area contributed by atoms with Crippen LogP contribution in [0, 0.1) is 11.8 Å². The smallest absolute Gasteiger partial charge is 0.135 e. The zero-order valence-corrected chi connectivity index (χ0v) is 8.18. The molecule has 0 aromatic rings. The fraction of sp³-hybridized carbons (Fsp3) is 0.700. The van der Waals surface area contributed by atoms with E-state index >= 15 is 0 Å². The third-order valence-corrected chi connectivity index (χ3v) is 1.25. The van der Waals surface area contributed by atoms with Gasteiger partial charge in [0.15, 0.2) is 0 Å². The van der Waals surface area contributed by atoms with Crippen molar-refractivity contribution in [3.8, 4) is 0 Å². The van der Waals surface area contributed by atoms with Gasteiger partial charge in [-0.1, -0.05) is 27.7 Å². The van der Waals surface area contributed by atoms with E-state index in [0.717, 1.165) is 6.42 Å². The molecule has 0 fully saturated rings. The highest BCUT2D eigenvalue weighted by Gasteiger charge is 2.07. The number of hydrogen-bond donors (Lipinski definition) is 0. The number of rotatable bonds is 3. The summed E-state index contributed by atoms with van der Waals surface area (Å²) in [5, 5.41) is 0. The first kappa shape index (κ1) is 13.0. The summed E-state index contributed by atoms with van der Waals surface area (Å²) in [6.45, 7) is 14.0. The highest BCUT2D eigenvalue weighted by Crippen LogP contribution is 2.06. The summed E-state index contributed by atoms with van der Waals surface area (Å²) < 4.78 is 0. The number of Topliss-reactive ketones (excluding diaryl/α,β-unsaturated/α-hetero) is 1. The maximum absolute atomic E-state index is 11.0. The zero-order valence-electron chi connectivity index (χ0n) is 8.18. The Kier molecular flexibility index (Phi) is 8.91. The van der Waals surface area contributed by atoms with Gasteiger partial charge in [-0.3, -0.25) is 4.79 Å². The zero-order chi connectivity index (χ0) is 9.44. The minimum Gasteiger partial charge on any atom is -0.299 e. The van der Waals surface area contributed by atoms with Crippen LogP contribution < -0.4 is 0 Å². The van der Waals surface area contributed by atoms with E-state index in [4.69, 9.17) is 0 Å². The van der Waals surface area contributed by atoms with Gasteiger partial charge in [0.25, 0.3) is 0 Å². The molecular weight excluding hydrogens is 136 g/mol. The van der Waals surface area contributed by atoms with Gasteiger partial charge in [-0.25, -0.2) is 0 Å². The molecule has 11 heavy (non-hydrogen) atoms. The quantitative estimate of drug-likeness (QED) is 0.574. The predicted molar refractivity (Wildman–Crippen MR) is 50.6 cm³/mol. The lowest BCUT2D eigenvalue weighted by atomic mass is 9.99. The fourth-order valence-electron chi connectivity index (χ4n) is 0.638. The Morgan fingerprint density at radius 1 is 1.18 bits per heavy atom. The van der Waals surface area contributed by atoms with Crippen molar-refractivity contribution in [1.29, 1.82) is 0 Å². The Bertz CT molecular complexity index is 103. The highest BCUT2D eigenvalue weighted by molar-refractivity contribution is 5.80. The van der Waals surface area contributed by atoms with E-state index in [1.54, 1.807) is 0 Å². The van der Waals surface area contributed by atoms with E-state index in [0.29, 0.717) is 11.7 Å². The second-order valence-electron chi connectivity index (χ2n) is 3.22. The third kappa shape index (κ3) is 9.41. The summed E-state index contributed by atoms with van der Waals surface area (Å²) in [4.78, 5) is 11.0. The van der Waals surface area contributed by atoms with Gasteiger partial charge < -0.3 is 0 Å². The van der Waals surface area contributed by atoms with Gasteiger partial charge >= 0.3 is 0 Å². The monoisotopic (exact) mass is 156 g/mol. The largest absolute Gasteiger partial charge is 0.299 e. The molecule has 0 saturated heterocycles. The molecule has 66 valence electrons. The molecule has 0 aliphatic heterocycles. The van der Waals surface area contributed by atoms with E-state index in [2.05, 4.69) is 27.0 Å². The molecule has 0 amide bonds. The van der Waals surface area contributed by atoms with Crippen LogP contribution in [0.3, 0.4) is 0 Å². The van der Waals surface area contributed by atoms with Gasteiger partial charge in [-0.15, -0.1) is 13.2 Å². The average Bonchev–Trinajstić information content (AvgIpc) is 1.90. The van der Waals surface area contributed by atoms with Gasteiger partial charge in [-0.2, -0.15) is 0 Å². The topological polar surface area (TPSA) is 17.1 Å². The Hall–Kier alpha value is -0.590. The second kappa shape index (κ2) is 7.52. The molecule has 0 aliphatic rings. The first-order chi connectivity index (χ1) is 5.04. The van der Waals surface area contributed by atoms with Gasteiger partial charge in [0, 0.05) is 12.3 Å². The van der Waals surface area contributed by atoms with Crippen LogP contribution in [0.1, 0.15) is 34.1 Å². The maximum atomic E-state index is 11.0. The number of carbonyl (C=O) groups is 1. The molecule has 1 heteroatoms. The van der Waals surface area contributed by atoms with E-state index in [-0.39, 0.29) is 5.92 Å². The van der Waals surface area contributed by atoms with Crippen molar-refractivity contribution in [2.45, 2.75) is 34.1 Å². The van der Waals surface area contributed by atoms with Crippen LogP contribution >= 0.6 is 0 Å². The van der Waals surface area contributed by atoms with Crippen LogP contribution in [0.15, 0.2) is 13.2 Å². The van der Waals surface area contributed by atoms with Crippen LogP contribution in [0.2, 0.25) is 0 Å². The molecule has 0 N–H and O–H groups in total. The van der Waals surface area contributed by atoms with Crippen LogP contribution in [0.25, 0.3) is 0 Å². The summed E-state index contributed by atoms with van der Waals surface area (Å²) in [7, 11) is 0. The van der Waals surface area contributed by atoms with Gasteiger partial charge in [-0.05, 0) is 5.92 Å². The Morgan fingerprint density at radius 2 is 1.55 bits per heavy atom. The first-order valence-corrected chi connectivity index (χ1v) is 4.06. The molecule has 0 radical (unpaired) electrons. The fourth-order valence-corrected chi connectivity index (χ4v) is 0.638. The lowest BCUT2D eigenvalue weighted by Crippen LogP contribution is -2.09. The van der Waals surface area contributed by atoms with Crippen molar-refractivity contribution in [3.63, 3.8) is 0 Å². The predicted octanol–water partition coefficient (Wildman–Crippen LogP) is 3.06. The molecule has 0 rings (SSSR count). The Morgan fingerprint density at radius 3 is 1.64 bits per heavy atom. The van der Waals surface area contributed by atoms with Crippen molar-refractivity contribution in [2.24, 2.45) is 11.8 Å². The van der Waals surface area contributed by atoms with Crippen molar-refractivity contribution < 1.29 is 4.79 Å². The molecule has 0 unspecified atom stereocenters. The molecule has 0 saturated carbocycles. The third-order valence-electron chi connectivity index (χ3n) is 1.25. The summed E-state index contributed by atoms with van der Waals surface area (Å²) in [6.07, 6.45) is 0.734. The number of ketones is 1. The molecule has 1 nitrogen and oxygen atoms in total. The molecule has 0 aliphatic carbocycles. The summed E-state index contributed by atoms with van der Waals surface area (Å²) >= 11 is 0. The summed E-state index contributed by atoms with van der Waals surface area (Å²) in [5.41, 5.74) is 0. The van der Waals surface area contributed by atoms with Gasteiger partial charge in [0.2, 0.25) is 0 Å². The van der Waals surface area contributed by atoms with Crippen LogP contribution in [-0.4, -0.2) is 5.78 Å². The van der Waals surface area contributed by atoms with Crippen LogP contribution in [0.5, 0.6) is 0 Å². The second-order valence-corrected chi connectivity index (χ2v) is 3.22. The van der Waals surface area contributed by atoms with Gasteiger partial charge in [0.1, 0.15) is 5.78 Å². The highest BCUT2D eigenvalue weighted by atomic mass is 16.1. The lowest BCUT2D eigenvalue weighted by molar-refractivity contribution is -0.122. The molecule has 0 spiro atoms. The van der Waals surface area contributed by atoms with Crippen molar-refractivity contribution >= 4 is 5.78 Å². The lowest BCUT2D eigenvalue weighted by Gasteiger charge is -2.05. The van der Waals surface area contributed by atoms with E-state index in [9.17, 15) is 4.79 Å². The molecule has 0 atom stereocenters. The van der Waals surface area contributed by atoms with Crippen LogP contribution in [0.4, 0.5) is 0 Å². The van der Waals surface area contributed by atoms with Crippen molar-refractivity contribution in [3.05, 3.63) is 13.2 Å². The normalized spacial score (nSPS) is 9.27. The Balaban J connectivity index is 0. The average molecular weight is 156 g/mol. The molecule has 0 aromatic heterocycles. The van der Waals surface area contributed by atoms with Crippen molar-refractivity contribution in [1.82, 2.24) is 0 Å². The Labute approximate surface area is 70.5 Å². The molecular formula is C10H20O. The van der Waals surface area contributed by atoms with E-state index in [1.165, 1.54) is 0 Å². The summed E-state index contributed by atoms with van der Waals surface area (Å²) in [6, 6.07) is 0. The first-order valence-electron chi connectivity index (χ1n) is 4.06.